The maximum atomic E-state index is 12.1. The lowest BCUT2D eigenvalue weighted by Crippen LogP contribution is -2.30. The number of rotatable bonds is 10. The molecule has 1 aromatic heterocycles. The van der Waals surface area contributed by atoms with Crippen LogP contribution < -0.4 is 14.8 Å². The lowest BCUT2D eigenvalue weighted by atomic mass is 10.2. The molecular formula is C26H27N3O3. The zero-order valence-electron chi connectivity index (χ0n) is 18.2. The van der Waals surface area contributed by atoms with E-state index < -0.39 is 0 Å². The van der Waals surface area contributed by atoms with Gasteiger partial charge < -0.3 is 19.4 Å². The van der Waals surface area contributed by atoms with E-state index in [0.29, 0.717) is 12.3 Å². The summed E-state index contributed by atoms with van der Waals surface area (Å²) in [5.74, 6) is 2.42. The smallest absolute Gasteiger partial charge is 0.257 e. The van der Waals surface area contributed by atoms with Crippen molar-refractivity contribution in [1.82, 2.24) is 14.9 Å². The number of para-hydroxylation sites is 3. The molecule has 6 nitrogen and oxygen atoms in total. The van der Waals surface area contributed by atoms with Crippen molar-refractivity contribution in [3.8, 4) is 11.5 Å². The minimum atomic E-state index is -0.124. The molecule has 0 aliphatic heterocycles. The molecule has 1 amide bonds. The normalized spacial score (nSPS) is 10.8. The number of hydrogen-bond acceptors (Lipinski definition) is 4. The standard InChI is InChI=1S/C26H27N3O3/c1-31-21-15-13-20(14-16-21)18-29-24-11-6-5-10-23(24)28-25(29)12-7-17-27-26(30)19-32-22-8-3-2-4-9-22/h2-6,8-11,13-16H,7,12,17-19H2,1H3,(H,27,30). The minimum absolute atomic E-state index is 0.0139. The highest BCUT2D eigenvalue weighted by Gasteiger charge is 2.11. The fourth-order valence-electron chi connectivity index (χ4n) is 3.60. The summed E-state index contributed by atoms with van der Waals surface area (Å²) in [4.78, 5) is 16.9. The SMILES string of the molecule is COc1ccc(Cn2c(CCCNC(=O)COc3ccccc3)nc3ccccc32)cc1. The predicted octanol–water partition coefficient (Wildman–Crippen LogP) is 4.22. The Labute approximate surface area is 187 Å². The second-order valence-electron chi connectivity index (χ2n) is 7.51. The maximum Gasteiger partial charge on any atom is 0.257 e. The Hall–Kier alpha value is -3.80. The Morgan fingerprint density at radius 1 is 0.938 bits per heavy atom. The highest BCUT2D eigenvalue weighted by molar-refractivity contribution is 5.77. The molecule has 0 aliphatic rings. The summed E-state index contributed by atoms with van der Waals surface area (Å²) < 4.78 is 13.0. The summed E-state index contributed by atoms with van der Waals surface area (Å²) in [5.41, 5.74) is 3.27. The first-order valence-electron chi connectivity index (χ1n) is 10.7. The molecule has 0 atom stereocenters. The van der Waals surface area contributed by atoms with Gasteiger partial charge in [0.15, 0.2) is 6.61 Å². The molecule has 0 saturated carbocycles. The van der Waals surface area contributed by atoms with Gasteiger partial charge in [-0.15, -0.1) is 0 Å². The molecule has 164 valence electrons. The van der Waals surface area contributed by atoms with Crippen LogP contribution in [0.5, 0.6) is 11.5 Å². The van der Waals surface area contributed by atoms with E-state index in [4.69, 9.17) is 14.5 Å². The molecule has 3 aromatic carbocycles. The third-order valence-electron chi connectivity index (χ3n) is 5.25. The summed E-state index contributed by atoms with van der Waals surface area (Å²) in [5, 5.41) is 2.92. The number of methoxy groups -OCH3 is 1. The quantitative estimate of drug-likeness (QED) is 0.383. The van der Waals surface area contributed by atoms with Gasteiger partial charge in [-0.2, -0.15) is 0 Å². The number of amides is 1. The number of carbonyl (C=O) groups is 1. The van der Waals surface area contributed by atoms with E-state index in [0.717, 1.165) is 42.0 Å². The molecule has 6 heteroatoms. The largest absolute Gasteiger partial charge is 0.497 e. The Balaban J connectivity index is 1.35. The molecule has 0 fully saturated rings. The number of carbonyl (C=O) groups excluding carboxylic acids is 1. The highest BCUT2D eigenvalue weighted by atomic mass is 16.5. The second kappa shape index (κ2) is 10.5. The minimum Gasteiger partial charge on any atom is -0.497 e. The van der Waals surface area contributed by atoms with Crippen molar-refractivity contribution in [3.05, 3.63) is 90.3 Å². The van der Waals surface area contributed by atoms with Crippen LogP contribution in [0.25, 0.3) is 11.0 Å². The zero-order chi connectivity index (χ0) is 22.2. The number of fused-ring (bicyclic) bond motifs is 1. The molecule has 0 radical (unpaired) electrons. The second-order valence-corrected chi connectivity index (χ2v) is 7.51. The van der Waals surface area contributed by atoms with Crippen LogP contribution in [-0.2, 0) is 17.8 Å². The third kappa shape index (κ3) is 5.46. The van der Waals surface area contributed by atoms with Crippen molar-refractivity contribution < 1.29 is 14.3 Å². The topological polar surface area (TPSA) is 65.4 Å². The number of ether oxygens (including phenoxy) is 2. The van der Waals surface area contributed by atoms with Gasteiger partial charge in [0.2, 0.25) is 0 Å². The average molecular weight is 430 g/mol. The van der Waals surface area contributed by atoms with Crippen LogP contribution in [0.1, 0.15) is 17.8 Å². The number of benzene rings is 3. The van der Waals surface area contributed by atoms with Crippen LogP contribution in [-0.4, -0.2) is 35.7 Å². The van der Waals surface area contributed by atoms with E-state index in [2.05, 4.69) is 28.1 Å². The Morgan fingerprint density at radius 2 is 1.69 bits per heavy atom. The van der Waals surface area contributed by atoms with Gasteiger partial charge in [-0.1, -0.05) is 42.5 Å². The summed E-state index contributed by atoms with van der Waals surface area (Å²) in [6, 6.07) is 25.6. The third-order valence-corrected chi connectivity index (χ3v) is 5.25. The monoisotopic (exact) mass is 429 g/mol. The Morgan fingerprint density at radius 3 is 2.47 bits per heavy atom. The van der Waals surface area contributed by atoms with Gasteiger partial charge in [0.25, 0.3) is 5.91 Å². The van der Waals surface area contributed by atoms with Gasteiger partial charge in [-0.3, -0.25) is 4.79 Å². The number of nitrogens with zero attached hydrogens (tertiary/aromatic N) is 2. The summed E-state index contributed by atoms with van der Waals surface area (Å²) in [7, 11) is 1.67. The van der Waals surface area contributed by atoms with E-state index in [1.54, 1.807) is 7.11 Å². The van der Waals surface area contributed by atoms with Gasteiger partial charge in [-0.05, 0) is 48.4 Å². The van der Waals surface area contributed by atoms with Gasteiger partial charge in [0.05, 0.1) is 18.1 Å². The number of hydrogen-bond donors (Lipinski definition) is 1. The van der Waals surface area contributed by atoms with Gasteiger partial charge in [0, 0.05) is 19.5 Å². The van der Waals surface area contributed by atoms with Crippen molar-refractivity contribution >= 4 is 16.9 Å². The Bertz CT molecular complexity index is 1150. The van der Waals surface area contributed by atoms with Crippen LogP contribution in [0.2, 0.25) is 0 Å². The van der Waals surface area contributed by atoms with E-state index in [-0.39, 0.29) is 12.5 Å². The summed E-state index contributed by atoms with van der Waals surface area (Å²) >= 11 is 0. The van der Waals surface area contributed by atoms with Crippen LogP contribution >= 0.6 is 0 Å². The predicted molar refractivity (Wildman–Crippen MR) is 125 cm³/mol. The molecule has 0 spiro atoms. The first-order chi connectivity index (χ1) is 15.7. The van der Waals surface area contributed by atoms with E-state index in [1.807, 2.05) is 60.7 Å². The number of aromatic nitrogens is 2. The first-order valence-corrected chi connectivity index (χ1v) is 10.7. The number of aryl methyl sites for hydroxylation is 1. The lowest BCUT2D eigenvalue weighted by Gasteiger charge is -2.11. The van der Waals surface area contributed by atoms with Crippen LogP contribution in [0, 0.1) is 0 Å². The van der Waals surface area contributed by atoms with Crippen molar-refractivity contribution in [2.45, 2.75) is 19.4 Å². The molecule has 32 heavy (non-hydrogen) atoms. The molecule has 0 unspecified atom stereocenters. The molecule has 1 N–H and O–H groups in total. The van der Waals surface area contributed by atoms with Gasteiger partial charge >= 0.3 is 0 Å². The average Bonchev–Trinajstić information content (AvgIpc) is 3.19. The fraction of sp³-hybridized carbons (Fsp3) is 0.231. The van der Waals surface area contributed by atoms with Crippen LogP contribution in [0.4, 0.5) is 0 Å². The Kier molecular flexibility index (Phi) is 7.02. The zero-order valence-corrected chi connectivity index (χ0v) is 18.2. The molecule has 1 heterocycles. The molecule has 4 aromatic rings. The van der Waals surface area contributed by atoms with Crippen LogP contribution in [0.15, 0.2) is 78.9 Å². The molecule has 0 aliphatic carbocycles. The summed E-state index contributed by atoms with van der Waals surface area (Å²) in [6.45, 7) is 1.32. The van der Waals surface area contributed by atoms with Crippen LogP contribution in [0.3, 0.4) is 0 Å². The van der Waals surface area contributed by atoms with Crippen molar-refractivity contribution in [2.24, 2.45) is 0 Å². The number of imidazole rings is 1. The fourth-order valence-corrected chi connectivity index (χ4v) is 3.60. The lowest BCUT2D eigenvalue weighted by molar-refractivity contribution is -0.123. The molecule has 0 bridgehead atoms. The van der Waals surface area contributed by atoms with E-state index in [9.17, 15) is 4.79 Å². The van der Waals surface area contributed by atoms with Crippen molar-refractivity contribution in [3.63, 3.8) is 0 Å². The number of nitrogens with one attached hydrogen (secondary N) is 1. The van der Waals surface area contributed by atoms with E-state index >= 15 is 0 Å². The van der Waals surface area contributed by atoms with Gasteiger partial charge in [0.1, 0.15) is 17.3 Å². The van der Waals surface area contributed by atoms with Gasteiger partial charge in [-0.25, -0.2) is 4.98 Å². The molecule has 4 rings (SSSR count). The first kappa shape index (κ1) is 21.4. The van der Waals surface area contributed by atoms with E-state index in [1.165, 1.54) is 5.56 Å². The highest BCUT2D eigenvalue weighted by Crippen LogP contribution is 2.20. The van der Waals surface area contributed by atoms with Crippen molar-refractivity contribution in [2.75, 3.05) is 20.3 Å². The van der Waals surface area contributed by atoms with Crippen molar-refractivity contribution in [1.29, 1.82) is 0 Å². The molecule has 0 saturated heterocycles. The maximum absolute atomic E-state index is 12.1. The summed E-state index contributed by atoms with van der Waals surface area (Å²) in [6.07, 6.45) is 1.56. The molecular weight excluding hydrogens is 402 g/mol.